The van der Waals surface area contributed by atoms with E-state index >= 15 is 0 Å². The highest BCUT2D eigenvalue weighted by Gasteiger charge is 2.20. The van der Waals surface area contributed by atoms with Gasteiger partial charge in [0.1, 0.15) is 0 Å². The summed E-state index contributed by atoms with van der Waals surface area (Å²) in [5.74, 6) is 0. The van der Waals surface area contributed by atoms with Gasteiger partial charge >= 0.3 is 0 Å². The standard InChI is InChI=1S/C15H16ClN3/c1-11-13-7-8-19(9-12-5-3-2-4-6-12)10-14(13)18-15(16)17-11/h2-6H,7-10H2,1H3. The number of benzene rings is 1. The second-order valence-corrected chi connectivity index (χ2v) is 5.29. The van der Waals surface area contributed by atoms with E-state index in [1.807, 2.05) is 13.0 Å². The fourth-order valence-corrected chi connectivity index (χ4v) is 2.84. The smallest absolute Gasteiger partial charge is 0.222 e. The van der Waals surface area contributed by atoms with Crippen LogP contribution in [0.5, 0.6) is 0 Å². The topological polar surface area (TPSA) is 29.0 Å². The van der Waals surface area contributed by atoms with Crippen LogP contribution in [0.15, 0.2) is 30.3 Å². The van der Waals surface area contributed by atoms with Crippen molar-refractivity contribution in [2.45, 2.75) is 26.4 Å². The third-order valence-electron chi connectivity index (χ3n) is 3.57. The molecule has 0 radical (unpaired) electrons. The number of aromatic nitrogens is 2. The fourth-order valence-electron chi connectivity index (χ4n) is 2.61. The highest BCUT2D eigenvalue weighted by atomic mass is 35.5. The van der Waals surface area contributed by atoms with Gasteiger partial charge in [0.05, 0.1) is 5.69 Å². The molecule has 98 valence electrons. The number of fused-ring (bicyclic) bond motifs is 1. The highest BCUT2D eigenvalue weighted by molar-refractivity contribution is 6.28. The molecule has 0 bridgehead atoms. The van der Waals surface area contributed by atoms with Gasteiger partial charge in [-0.1, -0.05) is 30.3 Å². The summed E-state index contributed by atoms with van der Waals surface area (Å²) in [5, 5.41) is 0.359. The summed E-state index contributed by atoms with van der Waals surface area (Å²) in [6.45, 7) is 4.88. The van der Waals surface area contributed by atoms with Crippen molar-refractivity contribution < 1.29 is 0 Å². The minimum atomic E-state index is 0.359. The number of aryl methyl sites for hydroxylation is 1. The van der Waals surface area contributed by atoms with Crippen LogP contribution in [0, 0.1) is 6.92 Å². The molecule has 2 aromatic rings. The molecule has 3 nitrogen and oxygen atoms in total. The van der Waals surface area contributed by atoms with Crippen molar-refractivity contribution in [3.63, 3.8) is 0 Å². The Balaban J connectivity index is 1.79. The Bertz CT molecular complexity index is 583. The average Bonchev–Trinajstić information content (AvgIpc) is 2.39. The van der Waals surface area contributed by atoms with Crippen molar-refractivity contribution >= 4 is 11.6 Å². The number of nitrogens with zero attached hydrogens (tertiary/aromatic N) is 3. The first-order chi connectivity index (χ1) is 9.22. The van der Waals surface area contributed by atoms with Crippen LogP contribution in [-0.2, 0) is 19.5 Å². The molecule has 1 aliphatic heterocycles. The van der Waals surface area contributed by atoms with E-state index in [2.05, 4.69) is 39.1 Å². The van der Waals surface area contributed by atoms with E-state index in [-0.39, 0.29) is 0 Å². The fraction of sp³-hybridized carbons (Fsp3) is 0.333. The van der Waals surface area contributed by atoms with Crippen molar-refractivity contribution in [1.82, 2.24) is 14.9 Å². The molecule has 0 atom stereocenters. The predicted molar refractivity (Wildman–Crippen MR) is 76.0 cm³/mol. The Morgan fingerprint density at radius 1 is 1.21 bits per heavy atom. The molecule has 0 amide bonds. The third-order valence-corrected chi connectivity index (χ3v) is 3.74. The summed E-state index contributed by atoms with van der Waals surface area (Å²) >= 11 is 5.95. The second kappa shape index (κ2) is 5.27. The molecule has 1 aromatic heterocycles. The largest absolute Gasteiger partial charge is 0.293 e. The number of hydrogen-bond acceptors (Lipinski definition) is 3. The van der Waals surface area contributed by atoms with E-state index in [0.717, 1.165) is 37.4 Å². The molecule has 0 saturated heterocycles. The molecular weight excluding hydrogens is 258 g/mol. The van der Waals surface area contributed by atoms with Gasteiger partial charge in [-0.2, -0.15) is 0 Å². The quantitative estimate of drug-likeness (QED) is 0.788. The van der Waals surface area contributed by atoms with Crippen molar-refractivity contribution in [1.29, 1.82) is 0 Å². The summed E-state index contributed by atoms with van der Waals surface area (Å²) in [4.78, 5) is 11.0. The lowest BCUT2D eigenvalue weighted by Gasteiger charge is -2.28. The average molecular weight is 274 g/mol. The van der Waals surface area contributed by atoms with E-state index in [4.69, 9.17) is 11.6 Å². The maximum Gasteiger partial charge on any atom is 0.222 e. The van der Waals surface area contributed by atoms with Gasteiger partial charge in [0, 0.05) is 25.3 Å². The van der Waals surface area contributed by atoms with Gasteiger partial charge < -0.3 is 0 Å². The van der Waals surface area contributed by atoms with E-state index in [1.54, 1.807) is 0 Å². The van der Waals surface area contributed by atoms with Crippen molar-refractivity contribution in [2.75, 3.05) is 6.54 Å². The lowest BCUT2D eigenvalue weighted by Crippen LogP contribution is -2.31. The van der Waals surface area contributed by atoms with Crippen molar-refractivity contribution in [3.8, 4) is 0 Å². The molecule has 0 spiro atoms. The van der Waals surface area contributed by atoms with Crippen LogP contribution in [0.3, 0.4) is 0 Å². The molecule has 1 aromatic carbocycles. The first-order valence-electron chi connectivity index (χ1n) is 6.50. The minimum Gasteiger partial charge on any atom is -0.293 e. The van der Waals surface area contributed by atoms with Gasteiger partial charge in [-0.3, -0.25) is 4.90 Å². The molecule has 0 N–H and O–H groups in total. The monoisotopic (exact) mass is 273 g/mol. The Morgan fingerprint density at radius 2 is 2.00 bits per heavy atom. The second-order valence-electron chi connectivity index (χ2n) is 4.95. The molecule has 3 rings (SSSR count). The van der Waals surface area contributed by atoms with E-state index in [1.165, 1.54) is 11.1 Å². The van der Waals surface area contributed by atoms with Gasteiger partial charge in [-0.15, -0.1) is 0 Å². The molecule has 2 heterocycles. The Labute approximate surface area is 118 Å². The lowest BCUT2D eigenvalue weighted by atomic mass is 10.0. The minimum absolute atomic E-state index is 0.359. The van der Waals surface area contributed by atoms with Gasteiger partial charge in [0.15, 0.2) is 0 Å². The summed E-state index contributed by atoms with van der Waals surface area (Å²) in [7, 11) is 0. The van der Waals surface area contributed by atoms with Crippen molar-refractivity contribution in [2.24, 2.45) is 0 Å². The SMILES string of the molecule is Cc1nc(Cl)nc2c1CCN(Cc1ccccc1)C2. The number of rotatable bonds is 2. The Kier molecular flexibility index (Phi) is 3.49. The van der Waals surface area contributed by atoms with Gasteiger partial charge in [0.25, 0.3) is 0 Å². The summed E-state index contributed by atoms with van der Waals surface area (Å²) in [6, 6.07) is 10.5. The van der Waals surface area contributed by atoms with E-state index in [0.29, 0.717) is 5.28 Å². The van der Waals surface area contributed by atoms with Crippen LogP contribution >= 0.6 is 11.6 Å². The molecule has 0 aliphatic carbocycles. The first kappa shape index (κ1) is 12.6. The Hall–Kier alpha value is -1.45. The maximum atomic E-state index is 5.95. The molecule has 19 heavy (non-hydrogen) atoms. The molecule has 0 fully saturated rings. The zero-order valence-electron chi connectivity index (χ0n) is 10.9. The summed E-state index contributed by atoms with van der Waals surface area (Å²) in [6.07, 6.45) is 1.01. The molecule has 0 unspecified atom stereocenters. The lowest BCUT2D eigenvalue weighted by molar-refractivity contribution is 0.240. The van der Waals surface area contributed by atoms with E-state index in [9.17, 15) is 0 Å². The molecule has 1 aliphatic rings. The first-order valence-corrected chi connectivity index (χ1v) is 6.88. The number of halogens is 1. The predicted octanol–water partition coefficient (Wildman–Crippen LogP) is 3.00. The normalized spacial score (nSPS) is 15.3. The molecule has 0 saturated carbocycles. The molecule has 4 heteroatoms. The van der Waals surface area contributed by atoms with Crippen LogP contribution in [0.1, 0.15) is 22.5 Å². The van der Waals surface area contributed by atoms with Crippen LogP contribution < -0.4 is 0 Å². The highest BCUT2D eigenvalue weighted by Crippen LogP contribution is 2.22. The Morgan fingerprint density at radius 3 is 2.79 bits per heavy atom. The van der Waals surface area contributed by atoms with Crippen LogP contribution in [0.2, 0.25) is 5.28 Å². The van der Waals surface area contributed by atoms with Crippen molar-refractivity contribution in [3.05, 3.63) is 58.1 Å². The van der Waals surface area contributed by atoms with Gasteiger partial charge in [-0.25, -0.2) is 9.97 Å². The summed E-state index contributed by atoms with van der Waals surface area (Å²) < 4.78 is 0. The van der Waals surface area contributed by atoms with Crippen LogP contribution in [-0.4, -0.2) is 21.4 Å². The third kappa shape index (κ3) is 2.77. The van der Waals surface area contributed by atoms with Gasteiger partial charge in [0.2, 0.25) is 5.28 Å². The molecular formula is C15H16ClN3. The maximum absolute atomic E-state index is 5.95. The van der Waals surface area contributed by atoms with Crippen LogP contribution in [0.25, 0.3) is 0 Å². The van der Waals surface area contributed by atoms with Crippen LogP contribution in [0.4, 0.5) is 0 Å². The number of hydrogen-bond donors (Lipinski definition) is 0. The van der Waals surface area contributed by atoms with Gasteiger partial charge in [-0.05, 0) is 36.1 Å². The zero-order valence-corrected chi connectivity index (χ0v) is 11.7. The zero-order chi connectivity index (χ0) is 13.2. The summed E-state index contributed by atoms with van der Waals surface area (Å²) in [5.41, 5.74) is 4.71. The van der Waals surface area contributed by atoms with E-state index < -0.39 is 0 Å².